The Bertz CT molecular complexity index is 680. The molecule has 1 unspecified atom stereocenters. The first-order valence-electron chi connectivity index (χ1n) is 9.23. The second-order valence-corrected chi connectivity index (χ2v) is 8.24. The molecule has 0 spiro atoms. The van der Waals surface area contributed by atoms with E-state index in [-0.39, 0.29) is 11.3 Å². The number of nitrogens with two attached hydrogens (primary N) is 1. The van der Waals surface area contributed by atoms with Gasteiger partial charge < -0.3 is 10.5 Å². The van der Waals surface area contributed by atoms with Gasteiger partial charge in [0.25, 0.3) is 0 Å². The van der Waals surface area contributed by atoms with Crippen molar-refractivity contribution in [2.45, 2.75) is 58.3 Å². The minimum Gasteiger partial charge on any atom is -0.496 e. The van der Waals surface area contributed by atoms with Gasteiger partial charge in [0.1, 0.15) is 5.75 Å². The molecule has 2 aromatic rings. The fraction of sp³-hybridized carbons (Fsp3) is 0.478. The summed E-state index contributed by atoms with van der Waals surface area (Å²) in [7, 11) is 1.74. The predicted molar refractivity (Wildman–Crippen MR) is 108 cm³/mol. The summed E-state index contributed by atoms with van der Waals surface area (Å²) in [5, 5.41) is 0. The molecule has 0 aliphatic rings. The Morgan fingerprint density at radius 1 is 1.00 bits per heavy atom. The van der Waals surface area contributed by atoms with E-state index < -0.39 is 0 Å². The summed E-state index contributed by atoms with van der Waals surface area (Å²) < 4.78 is 5.63. The summed E-state index contributed by atoms with van der Waals surface area (Å²) >= 11 is 0. The van der Waals surface area contributed by atoms with Crippen molar-refractivity contribution in [2.75, 3.05) is 13.7 Å². The molecule has 0 aliphatic heterocycles. The highest BCUT2D eigenvalue weighted by molar-refractivity contribution is 5.43. The Balaban J connectivity index is 2.32. The number of hydrogen-bond donors (Lipinski definition) is 1. The smallest absolute Gasteiger partial charge is 0.122 e. The molecule has 0 radical (unpaired) electrons. The average Bonchev–Trinajstić information content (AvgIpc) is 2.58. The van der Waals surface area contributed by atoms with E-state index in [2.05, 4.69) is 77.1 Å². The number of methoxy groups -OCH3 is 1. The van der Waals surface area contributed by atoms with Crippen LogP contribution in [0.4, 0.5) is 0 Å². The van der Waals surface area contributed by atoms with E-state index in [1.165, 1.54) is 22.3 Å². The highest BCUT2D eigenvalue weighted by Crippen LogP contribution is 2.33. The van der Waals surface area contributed by atoms with Gasteiger partial charge in [-0.25, -0.2) is 0 Å². The molecule has 2 heteroatoms. The molecule has 0 aliphatic carbocycles. The van der Waals surface area contributed by atoms with Gasteiger partial charge in [0.2, 0.25) is 0 Å². The lowest BCUT2D eigenvalue weighted by Gasteiger charge is -2.24. The van der Waals surface area contributed by atoms with Crippen LogP contribution in [0.25, 0.3) is 0 Å². The van der Waals surface area contributed by atoms with Crippen LogP contribution in [0.1, 0.15) is 68.7 Å². The molecule has 2 rings (SSSR count). The van der Waals surface area contributed by atoms with Crippen molar-refractivity contribution < 1.29 is 4.74 Å². The van der Waals surface area contributed by atoms with Gasteiger partial charge in [-0.2, -0.15) is 0 Å². The molecular weight excluding hydrogens is 306 g/mol. The van der Waals surface area contributed by atoms with Crippen LogP contribution in [0, 0.1) is 0 Å². The SMILES string of the molecule is COc1ccc(C(C)(C)C)cc1C(CN)Cc1ccc(C(C)C)cc1. The van der Waals surface area contributed by atoms with E-state index >= 15 is 0 Å². The zero-order valence-electron chi connectivity index (χ0n) is 16.6. The molecular formula is C23H33NO. The van der Waals surface area contributed by atoms with Crippen LogP contribution in [0.2, 0.25) is 0 Å². The van der Waals surface area contributed by atoms with Crippen molar-refractivity contribution in [1.29, 1.82) is 0 Å². The van der Waals surface area contributed by atoms with Crippen LogP contribution in [0.15, 0.2) is 42.5 Å². The Kier molecular flexibility index (Phi) is 6.29. The quantitative estimate of drug-likeness (QED) is 0.764. The van der Waals surface area contributed by atoms with E-state index in [0.29, 0.717) is 12.5 Å². The summed E-state index contributed by atoms with van der Waals surface area (Å²) in [6, 6.07) is 15.5. The average molecular weight is 340 g/mol. The number of benzene rings is 2. The fourth-order valence-electron chi connectivity index (χ4n) is 3.16. The minimum absolute atomic E-state index is 0.110. The van der Waals surface area contributed by atoms with Crippen molar-refractivity contribution in [3.63, 3.8) is 0 Å². The first-order chi connectivity index (χ1) is 11.8. The van der Waals surface area contributed by atoms with E-state index in [1.807, 2.05) is 0 Å². The van der Waals surface area contributed by atoms with Crippen molar-refractivity contribution in [1.82, 2.24) is 0 Å². The van der Waals surface area contributed by atoms with Gasteiger partial charge in [-0.05, 0) is 52.6 Å². The van der Waals surface area contributed by atoms with Gasteiger partial charge >= 0.3 is 0 Å². The van der Waals surface area contributed by atoms with E-state index in [9.17, 15) is 0 Å². The van der Waals surface area contributed by atoms with Gasteiger partial charge in [0.05, 0.1) is 7.11 Å². The molecule has 136 valence electrons. The van der Waals surface area contributed by atoms with Gasteiger partial charge in [-0.15, -0.1) is 0 Å². The highest BCUT2D eigenvalue weighted by Gasteiger charge is 2.20. The molecule has 2 N–H and O–H groups in total. The summed E-state index contributed by atoms with van der Waals surface area (Å²) in [5.41, 5.74) is 11.5. The Morgan fingerprint density at radius 3 is 2.12 bits per heavy atom. The van der Waals surface area contributed by atoms with Crippen LogP contribution >= 0.6 is 0 Å². The molecule has 0 saturated heterocycles. The Hall–Kier alpha value is -1.80. The zero-order valence-corrected chi connectivity index (χ0v) is 16.6. The molecule has 0 amide bonds. The van der Waals surface area contributed by atoms with Gasteiger partial charge in [-0.1, -0.05) is 71.0 Å². The van der Waals surface area contributed by atoms with E-state index in [1.54, 1.807) is 7.11 Å². The second-order valence-electron chi connectivity index (χ2n) is 8.24. The lowest BCUT2D eigenvalue weighted by atomic mass is 9.83. The van der Waals surface area contributed by atoms with Gasteiger partial charge in [0.15, 0.2) is 0 Å². The fourth-order valence-corrected chi connectivity index (χ4v) is 3.16. The monoisotopic (exact) mass is 339 g/mol. The molecule has 0 bridgehead atoms. The lowest BCUT2D eigenvalue weighted by Crippen LogP contribution is -2.18. The summed E-state index contributed by atoms with van der Waals surface area (Å²) in [6.45, 7) is 11.8. The largest absolute Gasteiger partial charge is 0.496 e. The predicted octanol–water partition coefficient (Wildman–Crippen LogP) is 5.40. The van der Waals surface area contributed by atoms with E-state index in [0.717, 1.165) is 12.2 Å². The summed E-state index contributed by atoms with van der Waals surface area (Å²) in [4.78, 5) is 0. The van der Waals surface area contributed by atoms with Crippen molar-refractivity contribution >= 4 is 0 Å². The second kappa shape index (κ2) is 8.05. The highest BCUT2D eigenvalue weighted by atomic mass is 16.5. The standard InChI is InChI=1S/C23H33NO/c1-16(2)18-9-7-17(8-10-18)13-19(15-24)21-14-20(23(3,4)5)11-12-22(21)25-6/h7-12,14,16,19H,13,15,24H2,1-6H3. The number of ether oxygens (including phenoxy) is 1. The topological polar surface area (TPSA) is 35.2 Å². The molecule has 0 heterocycles. The van der Waals surface area contributed by atoms with Crippen LogP contribution in [-0.2, 0) is 11.8 Å². The van der Waals surface area contributed by atoms with Crippen LogP contribution in [0.3, 0.4) is 0 Å². The van der Waals surface area contributed by atoms with Gasteiger partial charge in [-0.3, -0.25) is 0 Å². The molecule has 0 saturated carbocycles. The summed E-state index contributed by atoms with van der Waals surface area (Å²) in [5.74, 6) is 1.74. The first kappa shape index (κ1) is 19.5. The maximum Gasteiger partial charge on any atom is 0.122 e. The third-order valence-corrected chi connectivity index (χ3v) is 4.95. The third kappa shape index (κ3) is 4.85. The molecule has 1 atom stereocenters. The molecule has 0 aromatic heterocycles. The third-order valence-electron chi connectivity index (χ3n) is 4.95. The van der Waals surface area contributed by atoms with Gasteiger partial charge in [0, 0.05) is 5.92 Å². The van der Waals surface area contributed by atoms with Crippen molar-refractivity contribution in [3.8, 4) is 5.75 Å². The number of hydrogen-bond acceptors (Lipinski definition) is 2. The molecule has 0 fully saturated rings. The lowest BCUT2D eigenvalue weighted by molar-refractivity contribution is 0.404. The Morgan fingerprint density at radius 2 is 1.64 bits per heavy atom. The molecule has 25 heavy (non-hydrogen) atoms. The van der Waals surface area contributed by atoms with Crippen LogP contribution in [-0.4, -0.2) is 13.7 Å². The maximum absolute atomic E-state index is 6.16. The maximum atomic E-state index is 6.16. The molecule has 2 nitrogen and oxygen atoms in total. The minimum atomic E-state index is 0.110. The first-order valence-corrected chi connectivity index (χ1v) is 9.23. The molecule has 2 aromatic carbocycles. The van der Waals surface area contributed by atoms with Crippen LogP contribution in [0.5, 0.6) is 5.75 Å². The van der Waals surface area contributed by atoms with Crippen LogP contribution < -0.4 is 10.5 Å². The number of rotatable bonds is 6. The Labute approximate surface area is 153 Å². The van der Waals surface area contributed by atoms with Crippen molar-refractivity contribution in [3.05, 3.63) is 64.7 Å². The zero-order chi connectivity index (χ0) is 18.6. The van der Waals surface area contributed by atoms with Crippen molar-refractivity contribution in [2.24, 2.45) is 5.73 Å². The summed E-state index contributed by atoms with van der Waals surface area (Å²) in [6.07, 6.45) is 0.929. The van der Waals surface area contributed by atoms with E-state index in [4.69, 9.17) is 10.5 Å². The normalized spacial score (nSPS) is 13.1.